The Morgan fingerprint density at radius 2 is 2.22 bits per heavy atom. The van der Waals surface area contributed by atoms with Crippen molar-refractivity contribution in [2.45, 2.75) is 25.3 Å². The molecule has 1 aromatic heterocycles. The van der Waals surface area contributed by atoms with Gasteiger partial charge < -0.3 is 14.6 Å². The van der Waals surface area contributed by atoms with Crippen molar-refractivity contribution in [1.29, 1.82) is 0 Å². The molecule has 2 unspecified atom stereocenters. The number of aromatic nitrogens is 2. The van der Waals surface area contributed by atoms with Gasteiger partial charge in [0.15, 0.2) is 5.82 Å². The van der Waals surface area contributed by atoms with Gasteiger partial charge >= 0.3 is 0 Å². The van der Waals surface area contributed by atoms with E-state index in [-0.39, 0.29) is 6.04 Å². The van der Waals surface area contributed by atoms with Crippen molar-refractivity contribution in [2.75, 3.05) is 39.4 Å². The van der Waals surface area contributed by atoms with E-state index in [1.165, 1.54) is 0 Å². The van der Waals surface area contributed by atoms with Crippen molar-refractivity contribution in [3.8, 4) is 0 Å². The number of nitrogens with zero attached hydrogens (tertiary/aromatic N) is 3. The number of piperazine rings is 1. The molecule has 2 atom stereocenters. The third-order valence-electron chi connectivity index (χ3n) is 3.81. The minimum Gasteiger partial charge on any atom is -0.381 e. The van der Waals surface area contributed by atoms with Gasteiger partial charge in [0.25, 0.3) is 0 Å². The van der Waals surface area contributed by atoms with E-state index >= 15 is 0 Å². The summed E-state index contributed by atoms with van der Waals surface area (Å²) in [4.78, 5) is 6.92. The molecule has 1 N–H and O–H groups in total. The van der Waals surface area contributed by atoms with Crippen LogP contribution < -0.4 is 5.32 Å². The summed E-state index contributed by atoms with van der Waals surface area (Å²) >= 11 is 0. The van der Waals surface area contributed by atoms with Gasteiger partial charge in [-0.25, -0.2) is 0 Å². The molecule has 2 fully saturated rings. The van der Waals surface area contributed by atoms with E-state index in [0.717, 1.165) is 57.5 Å². The zero-order chi connectivity index (χ0) is 12.4. The van der Waals surface area contributed by atoms with Crippen LogP contribution in [-0.4, -0.2) is 54.4 Å². The van der Waals surface area contributed by atoms with E-state index in [2.05, 4.69) is 27.3 Å². The van der Waals surface area contributed by atoms with Crippen LogP contribution >= 0.6 is 0 Å². The van der Waals surface area contributed by atoms with Crippen molar-refractivity contribution in [3.05, 3.63) is 11.7 Å². The summed E-state index contributed by atoms with van der Waals surface area (Å²) in [6.45, 7) is 7.79. The summed E-state index contributed by atoms with van der Waals surface area (Å²) in [5.74, 6) is 1.86. The van der Waals surface area contributed by atoms with E-state index in [1.807, 2.05) is 0 Å². The molecule has 18 heavy (non-hydrogen) atoms. The van der Waals surface area contributed by atoms with Gasteiger partial charge in [0.05, 0.1) is 12.6 Å². The van der Waals surface area contributed by atoms with Crippen LogP contribution in [0.5, 0.6) is 0 Å². The van der Waals surface area contributed by atoms with Gasteiger partial charge in [-0.2, -0.15) is 4.98 Å². The predicted molar refractivity (Wildman–Crippen MR) is 65.3 cm³/mol. The second-order valence-electron chi connectivity index (χ2n) is 5.01. The lowest BCUT2D eigenvalue weighted by Crippen LogP contribution is -2.44. The van der Waals surface area contributed by atoms with Gasteiger partial charge in [0, 0.05) is 38.7 Å². The Morgan fingerprint density at radius 3 is 2.94 bits per heavy atom. The first-order valence-electron chi connectivity index (χ1n) is 6.70. The highest BCUT2D eigenvalue weighted by Crippen LogP contribution is 2.25. The molecule has 0 aromatic carbocycles. The average Bonchev–Trinajstić information content (AvgIpc) is 3.09. The van der Waals surface area contributed by atoms with Crippen molar-refractivity contribution >= 4 is 0 Å². The van der Waals surface area contributed by atoms with Gasteiger partial charge in [-0.15, -0.1) is 0 Å². The predicted octanol–water partition coefficient (Wildman–Crippen LogP) is 0.540. The molecule has 6 heteroatoms. The zero-order valence-corrected chi connectivity index (χ0v) is 10.8. The molecule has 2 saturated heterocycles. The van der Waals surface area contributed by atoms with E-state index in [1.54, 1.807) is 0 Å². The lowest BCUT2D eigenvalue weighted by molar-refractivity contribution is 0.154. The summed E-state index contributed by atoms with van der Waals surface area (Å²) in [5, 5.41) is 7.45. The second-order valence-corrected chi connectivity index (χ2v) is 5.01. The summed E-state index contributed by atoms with van der Waals surface area (Å²) < 4.78 is 10.8. The van der Waals surface area contributed by atoms with Crippen LogP contribution in [0.15, 0.2) is 4.52 Å². The molecule has 6 nitrogen and oxygen atoms in total. The quantitative estimate of drug-likeness (QED) is 0.847. The minimum absolute atomic E-state index is 0.204. The first-order valence-corrected chi connectivity index (χ1v) is 6.70. The maximum atomic E-state index is 5.41. The van der Waals surface area contributed by atoms with Gasteiger partial charge in [-0.1, -0.05) is 5.16 Å². The van der Waals surface area contributed by atoms with Crippen molar-refractivity contribution < 1.29 is 9.26 Å². The number of hydrogen-bond acceptors (Lipinski definition) is 6. The number of nitrogens with one attached hydrogen (secondary N) is 1. The molecule has 0 amide bonds. The molecule has 0 bridgehead atoms. The van der Waals surface area contributed by atoms with Crippen molar-refractivity contribution in [3.63, 3.8) is 0 Å². The largest absolute Gasteiger partial charge is 0.381 e. The Morgan fingerprint density at radius 1 is 1.39 bits per heavy atom. The highest BCUT2D eigenvalue weighted by atomic mass is 16.5. The van der Waals surface area contributed by atoms with Crippen molar-refractivity contribution in [2.24, 2.45) is 0 Å². The van der Waals surface area contributed by atoms with E-state index in [4.69, 9.17) is 9.26 Å². The Bertz CT molecular complexity index is 383. The lowest BCUT2D eigenvalue weighted by Gasteiger charge is -2.30. The molecule has 100 valence electrons. The summed E-state index contributed by atoms with van der Waals surface area (Å²) in [5.41, 5.74) is 0. The summed E-state index contributed by atoms with van der Waals surface area (Å²) in [7, 11) is 0. The fraction of sp³-hybridized carbons (Fsp3) is 0.833. The molecule has 3 heterocycles. The highest BCUT2D eigenvalue weighted by Gasteiger charge is 2.27. The third kappa shape index (κ3) is 2.41. The standard InChI is InChI=1S/C12H20N4O2/c1-9(16-5-3-13-4-6-16)12-14-11(15-18-12)10-2-7-17-8-10/h9-10,13H,2-8H2,1H3. The fourth-order valence-electron chi connectivity index (χ4n) is 2.55. The first kappa shape index (κ1) is 12.1. The molecule has 1 aromatic rings. The molecule has 3 rings (SSSR count). The highest BCUT2D eigenvalue weighted by molar-refractivity contribution is 5.00. The third-order valence-corrected chi connectivity index (χ3v) is 3.81. The fourth-order valence-corrected chi connectivity index (χ4v) is 2.55. The van der Waals surface area contributed by atoms with Gasteiger partial charge in [0.1, 0.15) is 0 Å². The topological polar surface area (TPSA) is 63.4 Å². The SMILES string of the molecule is CC(c1nc(C2CCOC2)no1)N1CCNCC1. The molecule has 0 aliphatic carbocycles. The maximum Gasteiger partial charge on any atom is 0.243 e. The normalized spacial score (nSPS) is 27.5. The molecular weight excluding hydrogens is 232 g/mol. The van der Waals surface area contributed by atoms with Crippen LogP contribution in [0.1, 0.15) is 37.0 Å². The number of hydrogen-bond donors (Lipinski definition) is 1. The monoisotopic (exact) mass is 252 g/mol. The van der Waals surface area contributed by atoms with E-state index in [9.17, 15) is 0 Å². The average molecular weight is 252 g/mol. The molecule has 0 spiro atoms. The Balaban J connectivity index is 1.67. The number of ether oxygens (including phenoxy) is 1. The van der Waals surface area contributed by atoms with Crippen LogP contribution in [0.25, 0.3) is 0 Å². The molecule has 2 aliphatic heterocycles. The maximum absolute atomic E-state index is 5.41. The lowest BCUT2D eigenvalue weighted by atomic mass is 10.1. The molecule has 2 aliphatic rings. The van der Waals surface area contributed by atoms with Gasteiger partial charge in [-0.3, -0.25) is 4.90 Å². The first-order chi connectivity index (χ1) is 8.84. The van der Waals surface area contributed by atoms with Crippen LogP contribution in [0.2, 0.25) is 0 Å². The molecule has 0 saturated carbocycles. The van der Waals surface area contributed by atoms with Crippen LogP contribution in [0.3, 0.4) is 0 Å². The summed E-state index contributed by atoms with van der Waals surface area (Å²) in [6.07, 6.45) is 1.00. The Labute approximate surface area is 107 Å². The van der Waals surface area contributed by atoms with Gasteiger partial charge in [-0.05, 0) is 13.3 Å². The Hall–Kier alpha value is -0.980. The Kier molecular flexibility index (Phi) is 3.58. The van der Waals surface area contributed by atoms with Crippen molar-refractivity contribution in [1.82, 2.24) is 20.4 Å². The van der Waals surface area contributed by atoms with Crippen LogP contribution in [-0.2, 0) is 4.74 Å². The molecular formula is C12H20N4O2. The van der Waals surface area contributed by atoms with E-state index in [0.29, 0.717) is 5.92 Å². The van der Waals surface area contributed by atoms with Gasteiger partial charge in [0.2, 0.25) is 5.89 Å². The zero-order valence-electron chi connectivity index (χ0n) is 10.8. The smallest absolute Gasteiger partial charge is 0.243 e. The molecule has 0 radical (unpaired) electrons. The number of rotatable bonds is 3. The van der Waals surface area contributed by atoms with Crippen LogP contribution in [0, 0.1) is 0 Å². The summed E-state index contributed by atoms with van der Waals surface area (Å²) in [6, 6.07) is 0.204. The minimum atomic E-state index is 0.204. The van der Waals surface area contributed by atoms with E-state index < -0.39 is 0 Å². The van der Waals surface area contributed by atoms with Crippen LogP contribution in [0.4, 0.5) is 0 Å². The second kappa shape index (κ2) is 5.34.